The maximum atomic E-state index is 4.72. The first-order valence-corrected chi connectivity index (χ1v) is 9.03. The predicted octanol–water partition coefficient (Wildman–Crippen LogP) is 3.84. The van der Waals surface area contributed by atoms with Crippen molar-refractivity contribution in [2.45, 2.75) is 50.5 Å². The average molecular weight is 311 g/mol. The highest BCUT2D eigenvalue weighted by molar-refractivity contribution is 7.98. The third kappa shape index (κ3) is 5.38. The summed E-state index contributed by atoms with van der Waals surface area (Å²) in [6.07, 6.45) is 9.65. The van der Waals surface area contributed by atoms with Crippen molar-refractivity contribution in [2.24, 2.45) is 0 Å². The summed E-state index contributed by atoms with van der Waals surface area (Å²) in [5.74, 6) is 1.85. The van der Waals surface area contributed by atoms with Crippen molar-refractivity contribution in [1.29, 1.82) is 0 Å². The lowest BCUT2D eigenvalue weighted by Crippen LogP contribution is -2.19. The van der Waals surface area contributed by atoms with Crippen molar-refractivity contribution in [3.8, 4) is 0 Å². The molecule has 0 N–H and O–H groups in total. The molecule has 0 fully saturated rings. The lowest BCUT2D eigenvalue weighted by Gasteiger charge is -2.21. The molecule has 120 valence electrons. The highest BCUT2D eigenvalue weighted by Gasteiger charge is 2.16. The zero-order valence-electron chi connectivity index (χ0n) is 14.4. The molecule has 0 unspecified atom stereocenters. The van der Waals surface area contributed by atoms with Gasteiger partial charge in [0, 0.05) is 33.8 Å². The smallest absolute Gasteiger partial charge is 0.227 e. The third-order valence-corrected chi connectivity index (χ3v) is 4.21. The van der Waals surface area contributed by atoms with E-state index in [-0.39, 0.29) is 0 Å². The Kier molecular flexibility index (Phi) is 7.86. The molecular weight excluding hydrogens is 280 g/mol. The van der Waals surface area contributed by atoms with Crippen molar-refractivity contribution in [1.82, 2.24) is 9.97 Å². The van der Waals surface area contributed by atoms with Crippen LogP contribution in [0.15, 0.2) is 5.03 Å². The van der Waals surface area contributed by atoms with Crippen molar-refractivity contribution in [3.63, 3.8) is 0 Å². The molecule has 0 aromatic carbocycles. The van der Waals surface area contributed by atoms with Crippen LogP contribution in [0.2, 0.25) is 0 Å². The number of hydrogen-bond donors (Lipinski definition) is 0. The SMILES string of the molecule is CCCCCCCc1c(SC)nc(N(C)C)nc1N(C)C. The highest BCUT2D eigenvalue weighted by Crippen LogP contribution is 2.29. The lowest BCUT2D eigenvalue weighted by atomic mass is 10.1. The van der Waals surface area contributed by atoms with Crippen LogP contribution < -0.4 is 9.80 Å². The Bertz CT molecular complexity index is 433. The van der Waals surface area contributed by atoms with Crippen LogP contribution in [0.3, 0.4) is 0 Å². The second-order valence-corrected chi connectivity index (χ2v) is 6.58. The largest absolute Gasteiger partial charge is 0.362 e. The summed E-state index contributed by atoms with van der Waals surface area (Å²) >= 11 is 1.72. The van der Waals surface area contributed by atoms with E-state index < -0.39 is 0 Å². The molecule has 0 aliphatic heterocycles. The zero-order valence-corrected chi connectivity index (χ0v) is 15.3. The number of anilines is 2. The van der Waals surface area contributed by atoms with Crippen LogP contribution >= 0.6 is 11.8 Å². The maximum absolute atomic E-state index is 4.72. The zero-order chi connectivity index (χ0) is 15.8. The minimum absolute atomic E-state index is 0.790. The molecule has 5 heteroatoms. The van der Waals surface area contributed by atoms with Crippen molar-refractivity contribution in [3.05, 3.63) is 5.56 Å². The van der Waals surface area contributed by atoms with Crippen LogP contribution in [0.25, 0.3) is 0 Å². The maximum Gasteiger partial charge on any atom is 0.227 e. The first kappa shape index (κ1) is 18.1. The molecule has 0 saturated carbocycles. The van der Waals surface area contributed by atoms with E-state index >= 15 is 0 Å². The number of thioether (sulfide) groups is 1. The van der Waals surface area contributed by atoms with E-state index in [2.05, 4.69) is 32.2 Å². The molecule has 0 atom stereocenters. The van der Waals surface area contributed by atoms with Gasteiger partial charge in [-0.2, -0.15) is 4.98 Å². The van der Waals surface area contributed by atoms with Crippen LogP contribution in [-0.4, -0.2) is 44.4 Å². The van der Waals surface area contributed by atoms with E-state index in [9.17, 15) is 0 Å². The van der Waals surface area contributed by atoms with Gasteiger partial charge in [0.25, 0.3) is 0 Å². The minimum Gasteiger partial charge on any atom is -0.362 e. The number of nitrogens with zero attached hydrogens (tertiary/aromatic N) is 4. The fraction of sp³-hybridized carbons (Fsp3) is 0.750. The molecule has 4 nitrogen and oxygen atoms in total. The van der Waals surface area contributed by atoms with Gasteiger partial charge >= 0.3 is 0 Å². The lowest BCUT2D eigenvalue weighted by molar-refractivity contribution is 0.627. The molecule has 0 aliphatic rings. The number of hydrogen-bond acceptors (Lipinski definition) is 5. The van der Waals surface area contributed by atoms with Gasteiger partial charge in [0.1, 0.15) is 10.8 Å². The normalized spacial score (nSPS) is 10.8. The summed E-state index contributed by atoms with van der Waals surface area (Å²) in [6.45, 7) is 2.25. The Morgan fingerprint density at radius 2 is 1.57 bits per heavy atom. The Morgan fingerprint density at radius 1 is 0.905 bits per heavy atom. The summed E-state index contributed by atoms with van der Waals surface area (Å²) < 4.78 is 0. The second-order valence-electron chi connectivity index (χ2n) is 5.79. The van der Waals surface area contributed by atoms with Crippen molar-refractivity contribution < 1.29 is 0 Å². The van der Waals surface area contributed by atoms with Gasteiger partial charge in [-0.25, -0.2) is 4.98 Å². The van der Waals surface area contributed by atoms with Gasteiger partial charge in [-0.05, 0) is 19.1 Å². The molecule has 1 aromatic heterocycles. The van der Waals surface area contributed by atoms with Crippen molar-refractivity contribution in [2.75, 3.05) is 44.2 Å². The van der Waals surface area contributed by atoms with E-state index in [1.165, 1.54) is 37.7 Å². The Balaban J connectivity index is 2.93. The average Bonchev–Trinajstić information content (AvgIpc) is 2.46. The number of aromatic nitrogens is 2. The summed E-state index contributed by atoms with van der Waals surface area (Å²) in [5.41, 5.74) is 1.30. The third-order valence-electron chi connectivity index (χ3n) is 3.48. The van der Waals surface area contributed by atoms with Gasteiger partial charge < -0.3 is 9.80 Å². The molecule has 0 spiro atoms. The first-order chi connectivity index (χ1) is 10.0. The number of unbranched alkanes of at least 4 members (excludes halogenated alkanes) is 4. The topological polar surface area (TPSA) is 32.3 Å². The van der Waals surface area contributed by atoms with Gasteiger partial charge in [0.2, 0.25) is 5.95 Å². The Labute approximate surface area is 134 Å². The van der Waals surface area contributed by atoms with E-state index in [1.54, 1.807) is 11.8 Å². The molecule has 0 bridgehead atoms. The first-order valence-electron chi connectivity index (χ1n) is 7.80. The van der Waals surface area contributed by atoms with Gasteiger partial charge in [-0.3, -0.25) is 0 Å². The molecule has 0 amide bonds. The molecule has 1 heterocycles. The summed E-state index contributed by atoms with van der Waals surface area (Å²) in [7, 11) is 8.10. The molecule has 0 radical (unpaired) electrons. The minimum atomic E-state index is 0.790. The van der Waals surface area contributed by atoms with E-state index in [0.29, 0.717) is 0 Å². The van der Waals surface area contributed by atoms with Crippen molar-refractivity contribution >= 4 is 23.5 Å². The van der Waals surface area contributed by atoms with E-state index in [0.717, 1.165) is 23.2 Å². The summed E-state index contributed by atoms with van der Waals surface area (Å²) in [6, 6.07) is 0. The standard InChI is InChI=1S/C16H30N4S/c1-7-8-9-10-11-12-13-14(19(2)3)17-16(20(4)5)18-15(13)21-6/h7-12H2,1-6H3. The van der Waals surface area contributed by atoms with Crippen LogP contribution in [0.1, 0.15) is 44.6 Å². The monoisotopic (exact) mass is 310 g/mol. The van der Waals surface area contributed by atoms with Gasteiger partial charge in [0.05, 0.1) is 0 Å². The highest BCUT2D eigenvalue weighted by atomic mass is 32.2. The second kappa shape index (κ2) is 9.13. The molecule has 21 heavy (non-hydrogen) atoms. The van der Waals surface area contributed by atoms with Crippen LogP contribution in [-0.2, 0) is 6.42 Å². The molecular formula is C16H30N4S. The Hall–Kier alpha value is -0.970. The van der Waals surface area contributed by atoms with Gasteiger partial charge in [-0.1, -0.05) is 32.6 Å². The van der Waals surface area contributed by atoms with Crippen LogP contribution in [0, 0.1) is 0 Å². The fourth-order valence-electron chi connectivity index (χ4n) is 2.30. The fourth-order valence-corrected chi connectivity index (χ4v) is 2.92. The molecule has 0 saturated heterocycles. The van der Waals surface area contributed by atoms with Crippen LogP contribution in [0.4, 0.5) is 11.8 Å². The van der Waals surface area contributed by atoms with Crippen LogP contribution in [0.5, 0.6) is 0 Å². The van der Waals surface area contributed by atoms with E-state index in [1.807, 2.05) is 19.0 Å². The predicted molar refractivity (Wildman–Crippen MR) is 94.9 cm³/mol. The molecule has 1 aromatic rings. The van der Waals surface area contributed by atoms with Gasteiger partial charge in [-0.15, -0.1) is 11.8 Å². The Morgan fingerprint density at radius 3 is 2.10 bits per heavy atom. The quantitative estimate of drug-likeness (QED) is 0.393. The summed E-state index contributed by atoms with van der Waals surface area (Å²) in [4.78, 5) is 13.5. The van der Waals surface area contributed by atoms with E-state index in [4.69, 9.17) is 9.97 Å². The summed E-state index contributed by atoms with van der Waals surface area (Å²) in [5, 5.41) is 1.12. The number of rotatable bonds is 9. The van der Waals surface area contributed by atoms with Gasteiger partial charge in [0.15, 0.2) is 0 Å². The molecule has 0 aliphatic carbocycles. The molecule has 1 rings (SSSR count).